The van der Waals surface area contributed by atoms with Gasteiger partial charge >= 0.3 is 0 Å². The molecule has 0 aliphatic heterocycles. The van der Waals surface area contributed by atoms with Crippen LogP contribution in [0, 0.1) is 15.9 Å². The first-order chi connectivity index (χ1) is 10.2. The van der Waals surface area contributed by atoms with E-state index in [0.29, 0.717) is 12.1 Å². The Labute approximate surface area is 136 Å². The lowest BCUT2D eigenvalue weighted by atomic mass is 10.3. The molecule has 0 aliphatic carbocycles. The van der Waals surface area contributed by atoms with Crippen LogP contribution in [-0.4, -0.2) is 37.6 Å². The summed E-state index contributed by atoms with van der Waals surface area (Å²) in [5.41, 5.74) is -0.511. The van der Waals surface area contributed by atoms with Crippen LogP contribution in [0.4, 0.5) is 10.1 Å². The van der Waals surface area contributed by atoms with Crippen LogP contribution in [0.25, 0.3) is 0 Å². The average molecular weight is 383 g/mol. The second kappa shape index (κ2) is 6.65. The Bertz CT molecular complexity index is 839. The van der Waals surface area contributed by atoms with Gasteiger partial charge in [-0.2, -0.15) is 0 Å². The number of non-ortho nitro benzene ring substituents is 1. The Morgan fingerprint density at radius 1 is 1.26 bits per heavy atom. The fourth-order valence-corrected chi connectivity index (χ4v) is 8.22. The van der Waals surface area contributed by atoms with Crippen LogP contribution in [0.2, 0.25) is 25.7 Å². The van der Waals surface area contributed by atoms with E-state index in [4.69, 9.17) is 0 Å². The highest BCUT2D eigenvalue weighted by molar-refractivity contribution is 8.03. The van der Waals surface area contributed by atoms with Gasteiger partial charge in [-0.15, -0.1) is 3.77 Å². The smallest absolute Gasteiger partial charge is 0.258 e. The number of nitro benzene ring substituents is 1. The molecule has 130 valence electrons. The minimum absolute atomic E-state index is 0.248. The summed E-state index contributed by atoms with van der Waals surface area (Å²) in [6.45, 7) is 5.96. The fraction of sp³-hybridized carbons (Fsp3) is 0.500. The maximum Gasteiger partial charge on any atom is 0.272 e. The number of hydrogen-bond donors (Lipinski definition) is 0. The van der Waals surface area contributed by atoms with E-state index in [2.05, 4.69) is 3.77 Å². The standard InChI is InChI=1S/C12H19FN2O5S2Si/c1-21(18,14-22(19,20)7-8-23(2,3)4)12-6-5-10(15(16)17)9-11(12)13/h5-6,9H,7-8H2,1-4H3. The van der Waals surface area contributed by atoms with Crippen LogP contribution in [0.3, 0.4) is 0 Å². The molecule has 0 radical (unpaired) electrons. The quantitative estimate of drug-likeness (QED) is 0.427. The van der Waals surface area contributed by atoms with Crippen LogP contribution >= 0.6 is 0 Å². The molecule has 0 aliphatic rings. The number of halogens is 1. The fourth-order valence-electron chi connectivity index (χ4n) is 1.64. The summed E-state index contributed by atoms with van der Waals surface area (Å²) in [6, 6.07) is 2.94. The summed E-state index contributed by atoms with van der Waals surface area (Å²) in [5, 5.41) is 10.6. The number of nitrogens with zero attached hydrogens (tertiary/aromatic N) is 2. The van der Waals surface area contributed by atoms with Crippen molar-refractivity contribution in [3.63, 3.8) is 0 Å². The van der Waals surface area contributed by atoms with Crippen molar-refractivity contribution in [2.45, 2.75) is 30.6 Å². The third-order valence-corrected chi connectivity index (χ3v) is 8.93. The summed E-state index contributed by atoms with van der Waals surface area (Å²) in [4.78, 5) is 9.32. The lowest BCUT2D eigenvalue weighted by Gasteiger charge is -2.14. The van der Waals surface area contributed by atoms with Crippen LogP contribution in [0.15, 0.2) is 26.9 Å². The molecule has 1 atom stereocenters. The number of hydrogen-bond acceptors (Lipinski definition) is 5. The molecule has 0 spiro atoms. The zero-order valence-electron chi connectivity index (χ0n) is 13.3. The molecule has 1 unspecified atom stereocenters. The van der Waals surface area contributed by atoms with Gasteiger partial charge < -0.3 is 0 Å². The summed E-state index contributed by atoms with van der Waals surface area (Å²) < 4.78 is 53.8. The first kappa shape index (κ1) is 19.7. The highest BCUT2D eigenvalue weighted by Gasteiger charge is 2.22. The molecule has 11 heteroatoms. The first-order valence-corrected chi connectivity index (χ1v) is 13.9. The van der Waals surface area contributed by atoms with Crippen molar-refractivity contribution in [2.75, 3.05) is 12.0 Å². The lowest BCUT2D eigenvalue weighted by molar-refractivity contribution is -0.385. The zero-order chi connectivity index (χ0) is 18.1. The van der Waals surface area contributed by atoms with Gasteiger partial charge in [0.25, 0.3) is 15.7 Å². The van der Waals surface area contributed by atoms with Gasteiger partial charge in [-0.3, -0.25) is 10.1 Å². The molecule has 23 heavy (non-hydrogen) atoms. The molecule has 0 fully saturated rings. The number of nitro groups is 1. The molecule has 1 aromatic rings. The van der Waals surface area contributed by atoms with Gasteiger partial charge in [0.15, 0.2) is 0 Å². The lowest BCUT2D eigenvalue weighted by Crippen LogP contribution is -2.23. The molecular formula is C12H19FN2O5S2Si. The van der Waals surface area contributed by atoms with Crippen LogP contribution in [0.1, 0.15) is 0 Å². The molecular weight excluding hydrogens is 363 g/mol. The summed E-state index contributed by atoms with van der Waals surface area (Å²) in [6.07, 6.45) is 1.00. The third kappa shape index (κ3) is 5.99. The monoisotopic (exact) mass is 382 g/mol. The van der Waals surface area contributed by atoms with E-state index in [1.165, 1.54) is 0 Å². The van der Waals surface area contributed by atoms with E-state index < -0.39 is 49.1 Å². The maximum atomic E-state index is 13.9. The topological polar surface area (TPSA) is 107 Å². The molecule has 0 amide bonds. The van der Waals surface area contributed by atoms with E-state index in [9.17, 15) is 27.1 Å². The Hall–Kier alpha value is -1.33. The summed E-state index contributed by atoms with van der Waals surface area (Å²) >= 11 is 0. The van der Waals surface area contributed by atoms with E-state index in [-0.39, 0.29) is 5.75 Å². The molecule has 0 aromatic heterocycles. The predicted molar refractivity (Wildman–Crippen MR) is 89.8 cm³/mol. The summed E-state index contributed by atoms with van der Waals surface area (Å²) in [5.74, 6) is -1.36. The van der Waals surface area contributed by atoms with Gasteiger partial charge in [0.2, 0.25) is 0 Å². The number of sulfonamides is 1. The van der Waals surface area contributed by atoms with Gasteiger partial charge in [-0.25, -0.2) is 17.0 Å². The maximum absolute atomic E-state index is 13.9. The Balaban J connectivity index is 3.25. The van der Waals surface area contributed by atoms with Gasteiger partial charge in [-0.05, 0) is 12.1 Å². The SMILES string of the molecule is C[Si](C)(C)CCS(=O)(=O)N=S(C)(=O)c1ccc([N+](=O)[O-])cc1F. The summed E-state index contributed by atoms with van der Waals surface area (Å²) in [7, 11) is -9.17. The second-order valence-corrected chi connectivity index (χ2v) is 16.2. The molecule has 1 aromatic carbocycles. The van der Waals surface area contributed by atoms with E-state index in [1.807, 2.05) is 19.6 Å². The highest BCUT2D eigenvalue weighted by Crippen LogP contribution is 2.23. The normalized spacial score (nSPS) is 15.0. The highest BCUT2D eigenvalue weighted by atomic mass is 32.3. The van der Waals surface area contributed by atoms with Crippen molar-refractivity contribution in [1.29, 1.82) is 0 Å². The van der Waals surface area contributed by atoms with Crippen LogP contribution < -0.4 is 0 Å². The Kier molecular flexibility index (Phi) is 5.70. The van der Waals surface area contributed by atoms with Crippen molar-refractivity contribution in [2.24, 2.45) is 3.77 Å². The van der Waals surface area contributed by atoms with Crippen molar-refractivity contribution in [3.05, 3.63) is 34.1 Å². The molecule has 7 nitrogen and oxygen atoms in total. The van der Waals surface area contributed by atoms with Crippen molar-refractivity contribution in [1.82, 2.24) is 0 Å². The average Bonchev–Trinajstić information content (AvgIpc) is 2.34. The van der Waals surface area contributed by atoms with Gasteiger partial charge in [0.05, 0.1) is 31.4 Å². The van der Waals surface area contributed by atoms with Gasteiger partial charge in [0, 0.05) is 20.4 Å². The zero-order valence-corrected chi connectivity index (χ0v) is 15.9. The molecule has 0 saturated carbocycles. The van der Waals surface area contributed by atoms with Gasteiger partial charge in [-0.1, -0.05) is 19.6 Å². The minimum atomic E-state index is -3.98. The number of rotatable bonds is 6. The van der Waals surface area contributed by atoms with Crippen LogP contribution in [-0.2, 0) is 19.8 Å². The number of benzene rings is 1. The Morgan fingerprint density at radius 2 is 1.83 bits per heavy atom. The third-order valence-electron chi connectivity index (χ3n) is 2.90. The van der Waals surface area contributed by atoms with Crippen molar-refractivity contribution < 1.29 is 21.9 Å². The van der Waals surface area contributed by atoms with Crippen LogP contribution in [0.5, 0.6) is 0 Å². The van der Waals surface area contributed by atoms with Crippen molar-refractivity contribution >= 4 is 33.5 Å². The van der Waals surface area contributed by atoms with E-state index in [1.54, 1.807) is 0 Å². The van der Waals surface area contributed by atoms with Crippen molar-refractivity contribution in [3.8, 4) is 0 Å². The Morgan fingerprint density at radius 3 is 2.26 bits per heavy atom. The van der Waals surface area contributed by atoms with E-state index >= 15 is 0 Å². The van der Waals surface area contributed by atoms with E-state index in [0.717, 1.165) is 18.4 Å². The largest absolute Gasteiger partial charge is 0.272 e. The predicted octanol–water partition coefficient (Wildman–Crippen LogP) is 2.86. The first-order valence-electron chi connectivity index (χ1n) is 6.64. The molecule has 0 N–H and O–H groups in total. The molecule has 0 heterocycles. The molecule has 0 saturated heterocycles. The van der Waals surface area contributed by atoms with Gasteiger partial charge in [0.1, 0.15) is 5.82 Å². The molecule has 1 rings (SSSR count). The minimum Gasteiger partial charge on any atom is -0.258 e. The second-order valence-electron chi connectivity index (χ2n) is 6.35. The molecule has 0 bridgehead atoms.